The molecular weight excluding hydrogens is 196 g/mol. The minimum Gasteiger partial charge on any atom is -0.508 e. The quantitative estimate of drug-likeness (QED) is 0.761. The fraction of sp³-hybridized carbons (Fsp3) is 0.100. The molecule has 0 fully saturated rings. The van der Waals surface area contributed by atoms with Gasteiger partial charge in [-0.05, 0) is 24.3 Å². The number of rotatable bonds is 1. The van der Waals surface area contributed by atoms with Crippen molar-refractivity contribution in [2.45, 2.75) is 0 Å². The van der Waals surface area contributed by atoms with Crippen LogP contribution in [-0.4, -0.2) is 9.67 Å². The normalized spacial score (nSPS) is 11.9. The molecule has 2 rings (SSSR count). The Morgan fingerprint density at radius 3 is 2.57 bits per heavy atom. The third-order valence-corrected chi connectivity index (χ3v) is 2.68. The van der Waals surface area contributed by atoms with E-state index in [-0.39, 0.29) is 5.75 Å². The van der Waals surface area contributed by atoms with Crippen LogP contribution in [0.1, 0.15) is 0 Å². The minimum absolute atomic E-state index is 0.263. The fourth-order valence-corrected chi connectivity index (χ4v) is 1.82. The molecule has 0 amide bonds. The van der Waals surface area contributed by atoms with Crippen molar-refractivity contribution in [1.82, 2.24) is 4.57 Å². The first-order valence-corrected chi connectivity index (χ1v) is 5.07. The Hall–Kier alpha value is -1.55. The second-order valence-corrected chi connectivity index (χ2v) is 3.80. The third kappa shape index (κ3) is 1.85. The summed E-state index contributed by atoms with van der Waals surface area (Å²) >= 11 is 1.58. The monoisotopic (exact) mass is 206 g/mol. The van der Waals surface area contributed by atoms with Crippen LogP contribution < -0.4 is 4.80 Å². The van der Waals surface area contributed by atoms with Crippen LogP contribution in [0.4, 0.5) is 5.69 Å². The largest absolute Gasteiger partial charge is 0.508 e. The van der Waals surface area contributed by atoms with Gasteiger partial charge >= 0.3 is 0 Å². The van der Waals surface area contributed by atoms with Gasteiger partial charge in [-0.3, -0.25) is 0 Å². The molecule has 72 valence electrons. The number of thiazole rings is 1. The van der Waals surface area contributed by atoms with Crippen molar-refractivity contribution < 1.29 is 5.11 Å². The van der Waals surface area contributed by atoms with Crippen molar-refractivity contribution in [1.29, 1.82) is 0 Å². The highest BCUT2D eigenvalue weighted by Crippen LogP contribution is 2.15. The van der Waals surface area contributed by atoms with E-state index in [1.54, 1.807) is 35.6 Å². The molecule has 1 aromatic heterocycles. The molecule has 0 radical (unpaired) electrons. The van der Waals surface area contributed by atoms with E-state index in [0.717, 1.165) is 10.5 Å². The molecule has 0 atom stereocenters. The zero-order valence-electron chi connectivity index (χ0n) is 7.71. The number of benzene rings is 1. The lowest BCUT2D eigenvalue weighted by atomic mass is 10.3. The molecule has 3 nitrogen and oxygen atoms in total. The van der Waals surface area contributed by atoms with Gasteiger partial charge in [0.2, 0.25) is 0 Å². The van der Waals surface area contributed by atoms with Crippen molar-refractivity contribution >= 4 is 17.0 Å². The predicted molar refractivity (Wildman–Crippen MR) is 56.6 cm³/mol. The summed E-state index contributed by atoms with van der Waals surface area (Å²) in [5.74, 6) is 0.263. The SMILES string of the molecule is Cn1ccsc1=Nc1ccc(O)cc1. The number of nitrogens with zero attached hydrogens (tertiary/aromatic N) is 2. The van der Waals surface area contributed by atoms with Gasteiger partial charge in [0.15, 0.2) is 4.80 Å². The zero-order valence-corrected chi connectivity index (χ0v) is 8.53. The molecular formula is C10H10N2OS. The van der Waals surface area contributed by atoms with Gasteiger partial charge in [0.25, 0.3) is 0 Å². The molecule has 1 heterocycles. The maximum absolute atomic E-state index is 9.09. The van der Waals surface area contributed by atoms with Crippen LogP contribution in [-0.2, 0) is 7.05 Å². The summed E-state index contributed by atoms with van der Waals surface area (Å²) in [5, 5.41) is 11.1. The van der Waals surface area contributed by atoms with Gasteiger partial charge in [-0.1, -0.05) is 0 Å². The Morgan fingerprint density at radius 1 is 1.29 bits per heavy atom. The second kappa shape index (κ2) is 3.67. The van der Waals surface area contributed by atoms with Crippen molar-refractivity contribution in [3.05, 3.63) is 40.6 Å². The topological polar surface area (TPSA) is 37.5 Å². The second-order valence-electron chi connectivity index (χ2n) is 2.92. The minimum atomic E-state index is 0.263. The number of phenolic OH excluding ortho intramolecular Hbond substituents is 1. The van der Waals surface area contributed by atoms with Crippen LogP contribution in [0.15, 0.2) is 40.8 Å². The van der Waals surface area contributed by atoms with Gasteiger partial charge < -0.3 is 9.67 Å². The summed E-state index contributed by atoms with van der Waals surface area (Å²) in [6.07, 6.45) is 1.96. The molecule has 0 aliphatic carbocycles. The summed E-state index contributed by atoms with van der Waals surface area (Å²) < 4.78 is 1.96. The summed E-state index contributed by atoms with van der Waals surface area (Å²) in [7, 11) is 1.95. The molecule has 1 N–H and O–H groups in total. The van der Waals surface area contributed by atoms with Gasteiger partial charge in [0.1, 0.15) is 5.75 Å². The smallest absolute Gasteiger partial charge is 0.189 e. The number of phenols is 1. The van der Waals surface area contributed by atoms with Gasteiger partial charge in [0.05, 0.1) is 5.69 Å². The van der Waals surface area contributed by atoms with Gasteiger partial charge in [-0.2, -0.15) is 0 Å². The van der Waals surface area contributed by atoms with E-state index in [1.165, 1.54) is 0 Å². The fourth-order valence-electron chi connectivity index (χ4n) is 1.07. The van der Waals surface area contributed by atoms with Crippen molar-refractivity contribution in [2.24, 2.45) is 12.0 Å². The summed E-state index contributed by atoms with van der Waals surface area (Å²) in [4.78, 5) is 5.35. The maximum atomic E-state index is 9.09. The molecule has 0 saturated carbocycles. The van der Waals surface area contributed by atoms with Crippen molar-refractivity contribution in [3.63, 3.8) is 0 Å². The van der Waals surface area contributed by atoms with Crippen LogP contribution in [0.2, 0.25) is 0 Å². The molecule has 0 saturated heterocycles. The molecule has 0 bridgehead atoms. The molecule has 2 aromatic rings. The van der Waals surface area contributed by atoms with Crippen molar-refractivity contribution in [2.75, 3.05) is 0 Å². The van der Waals surface area contributed by atoms with E-state index in [0.29, 0.717) is 0 Å². The Morgan fingerprint density at radius 2 is 2.00 bits per heavy atom. The third-order valence-electron chi connectivity index (χ3n) is 1.83. The standard InChI is InChI=1S/C10H10N2OS/c1-12-6-7-14-10(12)11-8-2-4-9(13)5-3-8/h2-7,13H,1H3. The van der Waals surface area contributed by atoms with Crippen LogP contribution >= 0.6 is 11.3 Å². The molecule has 0 unspecified atom stereocenters. The Labute approximate surface area is 85.6 Å². The number of aromatic hydroxyl groups is 1. The Balaban J connectivity index is 2.44. The van der Waals surface area contributed by atoms with Gasteiger partial charge in [-0.15, -0.1) is 11.3 Å². The molecule has 14 heavy (non-hydrogen) atoms. The molecule has 1 aromatic carbocycles. The first kappa shape index (κ1) is 9.02. The molecule has 0 aliphatic rings. The van der Waals surface area contributed by atoms with E-state index < -0.39 is 0 Å². The average Bonchev–Trinajstić information content (AvgIpc) is 2.56. The summed E-state index contributed by atoms with van der Waals surface area (Å²) in [6.45, 7) is 0. The Bertz CT molecular complexity index is 481. The van der Waals surface area contributed by atoms with Crippen LogP contribution in [0.25, 0.3) is 0 Å². The van der Waals surface area contributed by atoms with Gasteiger partial charge in [0, 0.05) is 18.6 Å². The lowest BCUT2D eigenvalue weighted by Gasteiger charge is -1.93. The average molecular weight is 206 g/mol. The van der Waals surface area contributed by atoms with E-state index in [4.69, 9.17) is 5.11 Å². The first-order chi connectivity index (χ1) is 6.75. The summed E-state index contributed by atoms with van der Waals surface area (Å²) in [5.41, 5.74) is 0.848. The summed E-state index contributed by atoms with van der Waals surface area (Å²) in [6, 6.07) is 6.84. The predicted octanol–water partition coefficient (Wildman–Crippen LogP) is 2.02. The van der Waals surface area contributed by atoms with Crippen LogP contribution in [0.3, 0.4) is 0 Å². The molecule has 4 heteroatoms. The lowest BCUT2D eigenvalue weighted by molar-refractivity contribution is 0.475. The maximum Gasteiger partial charge on any atom is 0.189 e. The van der Waals surface area contributed by atoms with E-state index >= 15 is 0 Å². The molecule has 0 aliphatic heterocycles. The number of hydrogen-bond donors (Lipinski definition) is 1. The number of hydrogen-bond acceptors (Lipinski definition) is 3. The number of aromatic nitrogens is 1. The highest BCUT2D eigenvalue weighted by molar-refractivity contribution is 7.07. The highest BCUT2D eigenvalue weighted by Gasteiger charge is 1.91. The van der Waals surface area contributed by atoms with Crippen LogP contribution in [0.5, 0.6) is 5.75 Å². The first-order valence-electron chi connectivity index (χ1n) is 4.19. The zero-order chi connectivity index (χ0) is 9.97. The number of aryl methyl sites for hydroxylation is 1. The van der Waals surface area contributed by atoms with Crippen molar-refractivity contribution in [3.8, 4) is 5.75 Å². The van der Waals surface area contributed by atoms with E-state index in [1.807, 2.05) is 23.2 Å². The molecule has 0 spiro atoms. The van der Waals surface area contributed by atoms with E-state index in [9.17, 15) is 0 Å². The van der Waals surface area contributed by atoms with E-state index in [2.05, 4.69) is 4.99 Å². The van der Waals surface area contributed by atoms with Gasteiger partial charge in [-0.25, -0.2) is 4.99 Å². The Kier molecular flexibility index (Phi) is 2.37. The lowest BCUT2D eigenvalue weighted by Crippen LogP contribution is -2.07. The highest BCUT2D eigenvalue weighted by atomic mass is 32.1. The van der Waals surface area contributed by atoms with Crippen LogP contribution in [0, 0.1) is 0 Å².